The molecule has 4 aliphatic heterocycles. The fourth-order valence-electron chi connectivity index (χ4n) is 5.69. The summed E-state index contributed by atoms with van der Waals surface area (Å²) in [6.07, 6.45) is -4.41. The lowest BCUT2D eigenvalue weighted by Gasteiger charge is -2.41. The molecule has 31 heavy (non-hydrogen) atoms. The van der Waals surface area contributed by atoms with E-state index in [0.717, 1.165) is 12.1 Å². The largest absolute Gasteiger partial charge is 0.417 e. The van der Waals surface area contributed by atoms with Crippen molar-refractivity contribution < 1.29 is 32.3 Å². The summed E-state index contributed by atoms with van der Waals surface area (Å²) in [4.78, 5) is 20.1. The predicted octanol–water partition coefficient (Wildman–Crippen LogP) is 3.23. The maximum Gasteiger partial charge on any atom is 0.417 e. The highest BCUT2D eigenvalue weighted by molar-refractivity contribution is 6.08. The fourth-order valence-corrected chi connectivity index (χ4v) is 5.69. The van der Waals surface area contributed by atoms with E-state index in [4.69, 9.17) is 19.6 Å². The molecule has 0 aliphatic carbocycles. The minimum atomic E-state index is -4.72. The number of carbonyl (C=O) groups excluding carboxylic acids is 1. The molecule has 0 unspecified atom stereocenters. The van der Waals surface area contributed by atoms with E-state index in [-0.39, 0.29) is 17.5 Å². The Bertz CT molecular complexity index is 1040. The van der Waals surface area contributed by atoms with Crippen LogP contribution in [-0.4, -0.2) is 42.3 Å². The lowest BCUT2D eigenvalue weighted by atomic mass is 9.65. The van der Waals surface area contributed by atoms with Gasteiger partial charge >= 0.3 is 6.18 Å². The van der Waals surface area contributed by atoms with Gasteiger partial charge in [0.1, 0.15) is 18.4 Å². The number of hydrogen-bond donors (Lipinski definition) is 0. The molecule has 1 amide bonds. The Morgan fingerprint density at radius 3 is 2.87 bits per heavy atom. The van der Waals surface area contributed by atoms with Gasteiger partial charge in [0.05, 0.1) is 41.0 Å². The summed E-state index contributed by atoms with van der Waals surface area (Å²) in [5.41, 5.74) is -2.54. The number of carbonyl (C=O) groups is 1. The van der Waals surface area contributed by atoms with Gasteiger partial charge in [0.25, 0.3) is 0 Å². The highest BCUT2D eigenvalue weighted by Crippen LogP contribution is 2.64. The van der Waals surface area contributed by atoms with Crippen LogP contribution in [0.25, 0.3) is 0 Å². The minimum absolute atomic E-state index is 0.0547. The first-order valence-electron chi connectivity index (χ1n) is 10.1. The lowest BCUT2D eigenvalue weighted by molar-refractivity contribution is -0.140. The van der Waals surface area contributed by atoms with Crippen molar-refractivity contribution >= 4 is 17.3 Å². The van der Waals surface area contributed by atoms with Gasteiger partial charge < -0.3 is 14.3 Å². The van der Waals surface area contributed by atoms with Crippen LogP contribution in [0.4, 0.5) is 18.9 Å². The van der Waals surface area contributed by atoms with E-state index in [0.29, 0.717) is 31.8 Å². The van der Waals surface area contributed by atoms with Crippen LogP contribution < -0.4 is 4.90 Å². The first-order valence-corrected chi connectivity index (χ1v) is 10.1. The van der Waals surface area contributed by atoms with Gasteiger partial charge in [0.2, 0.25) is 5.91 Å². The van der Waals surface area contributed by atoms with Gasteiger partial charge in [-0.3, -0.25) is 9.69 Å². The summed E-state index contributed by atoms with van der Waals surface area (Å²) in [5, 5.41) is 13.3. The molecule has 4 saturated heterocycles. The second-order valence-corrected chi connectivity index (χ2v) is 8.47. The molecule has 2 bridgehead atoms. The van der Waals surface area contributed by atoms with E-state index in [1.165, 1.54) is 11.0 Å². The Morgan fingerprint density at radius 1 is 1.42 bits per heavy atom. The molecule has 1 aromatic rings. The van der Waals surface area contributed by atoms with Gasteiger partial charge in [-0.25, -0.2) is 0 Å². The van der Waals surface area contributed by atoms with Gasteiger partial charge in [0, 0.05) is 24.4 Å². The second kappa shape index (κ2) is 6.43. The van der Waals surface area contributed by atoms with Gasteiger partial charge in [0.15, 0.2) is 0 Å². The minimum Gasteiger partial charge on any atom is -0.396 e. The first-order chi connectivity index (χ1) is 14.7. The summed E-state index contributed by atoms with van der Waals surface area (Å²) < 4.78 is 52.9. The molecular weight excluding hydrogens is 415 g/mol. The number of benzene rings is 1. The van der Waals surface area contributed by atoms with Crippen LogP contribution in [0.3, 0.4) is 0 Å². The third kappa shape index (κ3) is 2.59. The average molecular weight is 435 g/mol. The third-order valence-corrected chi connectivity index (χ3v) is 6.91. The molecule has 5 atom stereocenters. The van der Waals surface area contributed by atoms with Crippen molar-refractivity contribution in [3.8, 4) is 6.07 Å². The van der Waals surface area contributed by atoms with E-state index in [1.807, 2.05) is 0 Å². The summed E-state index contributed by atoms with van der Waals surface area (Å²) in [7, 11) is 0. The molecule has 4 heterocycles. The molecule has 1 spiro atoms. The van der Waals surface area contributed by atoms with Gasteiger partial charge in [-0.1, -0.05) is 5.16 Å². The third-order valence-electron chi connectivity index (χ3n) is 6.91. The van der Waals surface area contributed by atoms with Crippen molar-refractivity contribution in [2.24, 2.45) is 17.0 Å². The molecule has 0 aromatic heterocycles. The molecule has 4 aliphatic rings. The average Bonchev–Trinajstić information content (AvgIpc) is 3.29. The zero-order chi connectivity index (χ0) is 22.2. The fraction of sp³-hybridized carbons (Fsp3) is 0.571. The predicted molar refractivity (Wildman–Crippen MR) is 101 cm³/mol. The molecule has 4 fully saturated rings. The van der Waals surface area contributed by atoms with Crippen LogP contribution in [0.5, 0.6) is 0 Å². The maximum absolute atomic E-state index is 13.6. The van der Waals surface area contributed by atoms with Crippen LogP contribution in [0.1, 0.15) is 37.8 Å². The van der Waals surface area contributed by atoms with E-state index in [9.17, 15) is 18.0 Å². The van der Waals surface area contributed by atoms with Crippen molar-refractivity contribution in [3.63, 3.8) is 0 Å². The lowest BCUT2D eigenvalue weighted by Crippen LogP contribution is -2.52. The van der Waals surface area contributed by atoms with Crippen LogP contribution in [0, 0.1) is 23.2 Å². The summed E-state index contributed by atoms with van der Waals surface area (Å²) in [5.74, 6) is -1.34. The number of fused-ring (bicyclic) bond motifs is 2. The number of halogens is 3. The van der Waals surface area contributed by atoms with E-state index >= 15 is 0 Å². The van der Waals surface area contributed by atoms with Crippen LogP contribution >= 0.6 is 0 Å². The standard InChI is InChI=1S/C21H20F3N3O4/c1-3-30-26-14-9-20-6-7-29-18-16(20)15(19(14,2)31-20)17(28)27(18)12-5-4-11(10-25)13(8-12)21(22,23)24/h4-5,8,15-16,18H,3,6-7,9H2,1-2H3/b26-14+/t15-,16+,18+,19-,20+/m1/s1. The highest BCUT2D eigenvalue weighted by Gasteiger charge is 2.77. The Hall–Kier alpha value is -2.64. The highest BCUT2D eigenvalue weighted by atomic mass is 19.4. The van der Waals surface area contributed by atoms with Gasteiger partial charge in [-0.15, -0.1) is 0 Å². The van der Waals surface area contributed by atoms with Crippen molar-refractivity contribution in [1.82, 2.24) is 0 Å². The molecule has 5 rings (SSSR count). The van der Waals surface area contributed by atoms with Gasteiger partial charge in [-0.05, 0) is 32.0 Å². The van der Waals surface area contributed by atoms with Crippen molar-refractivity contribution in [3.05, 3.63) is 29.3 Å². The molecule has 0 radical (unpaired) electrons. The Kier molecular flexibility index (Phi) is 4.21. The van der Waals surface area contributed by atoms with E-state index in [2.05, 4.69) is 5.16 Å². The Morgan fingerprint density at radius 2 is 2.19 bits per heavy atom. The quantitative estimate of drug-likeness (QED) is 0.681. The smallest absolute Gasteiger partial charge is 0.396 e. The number of ether oxygens (including phenoxy) is 2. The number of alkyl halides is 3. The van der Waals surface area contributed by atoms with Crippen molar-refractivity contribution in [1.29, 1.82) is 5.26 Å². The molecule has 10 heteroatoms. The van der Waals surface area contributed by atoms with Crippen LogP contribution in [0.15, 0.2) is 23.4 Å². The second-order valence-electron chi connectivity index (χ2n) is 8.47. The zero-order valence-corrected chi connectivity index (χ0v) is 16.9. The van der Waals surface area contributed by atoms with Crippen molar-refractivity contribution in [2.45, 2.75) is 50.3 Å². The topological polar surface area (TPSA) is 84.2 Å². The normalized spacial score (nSPS) is 37.3. The molecule has 0 saturated carbocycles. The van der Waals surface area contributed by atoms with Gasteiger partial charge in [-0.2, -0.15) is 18.4 Å². The monoisotopic (exact) mass is 435 g/mol. The summed E-state index contributed by atoms with van der Waals surface area (Å²) >= 11 is 0. The number of amides is 1. The number of anilines is 1. The number of nitriles is 1. The first kappa shape index (κ1) is 20.3. The van der Waals surface area contributed by atoms with E-state index < -0.39 is 40.7 Å². The van der Waals surface area contributed by atoms with Crippen LogP contribution in [0.2, 0.25) is 0 Å². The zero-order valence-electron chi connectivity index (χ0n) is 16.9. The molecule has 0 N–H and O–H groups in total. The number of hydrogen-bond acceptors (Lipinski definition) is 6. The SMILES string of the molecule is CCO/N=C1\C[C@@]23CCO[C@H]4[C@@H]2[C@H](C(=O)N4c2ccc(C#N)c(C(F)(F)F)c2)[C@]1(C)O3. The molecule has 164 valence electrons. The number of oxime groups is 1. The molecular formula is C21H20F3N3O4. The molecule has 1 aromatic carbocycles. The Labute approximate surface area is 176 Å². The summed E-state index contributed by atoms with van der Waals surface area (Å²) in [6, 6.07) is 4.86. The number of nitrogens with zero attached hydrogens (tertiary/aromatic N) is 3. The Balaban J connectivity index is 1.60. The van der Waals surface area contributed by atoms with E-state index in [1.54, 1.807) is 19.9 Å². The molecule has 7 nitrogen and oxygen atoms in total. The summed E-state index contributed by atoms with van der Waals surface area (Å²) in [6.45, 7) is 4.27. The maximum atomic E-state index is 13.6. The number of rotatable bonds is 3. The van der Waals surface area contributed by atoms with Crippen molar-refractivity contribution in [2.75, 3.05) is 18.1 Å². The van der Waals surface area contributed by atoms with Crippen LogP contribution in [-0.2, 0) is 25.3 Å².